The predicted octanol–water partition coefficient (Wildman–Crippen LogP) is 8.06. The van der Waals surface area contributed by atoms with Gasteiger partial charge in [0.15, 0.2) is 0 Å². The lowest BCUT2D eigenvalue weighted by molar-refractivity contribution is -0.132. The minimum Gasteiger partial charge on any atom is -0.344 e. The van der Waals surface area contributed by atoms with Crippen LogP contribution in [0.15, 0.2) is 48.5 Å². The monoisotopic (exact) mass is 620 g/mol. The maximum atomic E-state index is 12.8. The van der Waals surface area contributed by atoms with Crippen LogP contribution in [0.2, 0.25) is 5.15 Å². The molecule has 0 spiro atoms. The van der Waals surface area contributed by atoms with Gasteiger partial charge in [0.1, 0.15) is 22.5 Å². The SMILES string of the molecule is CCCN(Cc1nc(-c2ccc(-c3ccc(-c4nc(CN(C)C[C@H](C)SC)[nH]c4Cl)cc3)cc2)c(C)[nH]1)C(=O)CC(C)C. The molecule has 2 heterocycles. The number of aromatic amines is 2. The number of hydrogen-bond donors (Lipinski definition) is 2. The second-order valence-electron chi connectivity index (χ2n) is 11.8. The standard InChI is InChI=1S/C34H45ClN6OS/c1-8-17-41(31(42)18-22(2)3)21-30-36-24(5)32(37-30)27-13-9-25(10-14-27)26-11-15-28(16-12-26)33-34(35)39-29(38-33)20-40(6)19-23(4)43-7/h9-16,22-23H,8,17-21H2,1-7H3,(H,36,37)(H,38,39)/t23-/m0/s1. The van der Waals surface area contributed by atoms with E-state index in [0.29, 0.717) is 29.3 Å². The van der Waals surface area contributed by atoms with Crippen LogP contribution in [-0.2, 0) is 17.9 Å². The lowest BCUT2D eigenvalue weighted by Gasteiger charge is -2.22. The Morgan fingerprint density at radius 1 is 0.884 bits per heavy atom. The number of aryl methyl sites for hydroxylation is 1. The molecule has 1 amide bonds. The van der Waals surface area contributed by atoms with Crippen LogP contribution >= 0.6 is 23.4 Å². The number of thioether (sulfide) groups is 1. The van der Waals surface area contributed by atoms with Gasteiger partial charge in [0.05, 0.1) is 18.8 Å². The van der Waals surface area contributed by atoms with Gasteiger partial charge in [0.2, 0.25) is 5.91 Å². The summed E-state index contributed by atoms with van der Waals surface area (Å²) in [6, 6.07) is 16.8. The lowest BCUT2D eigenvalue weighted by atomic mass is 10.0. The van der Waals surface area contributed by atoms with E-state index in [1.807, 2.05) is 23.6 Å². The third-order valence-electron chi connectivity index (χ3n) is 7.45. The smallest absolute Gasteiger partial charge is 0.223 e. The highest BCUT2D eigenvalue weighted by Gasteiger charge is 2.18. The number of carbonyl (C=O) groups excluding carboxylic acids is 1. The van der Waals surface area contributed by atoms with Crippen LogP contribution in [0.25, 0.3) is 33.6 Å². The van der Waals surface area contributed by atoms with E-state index in [0.717, 1.165) is 77.0 Å². The molecule has 0 radical (unpaired) electrons. The molecule has 230 valence electrons. The Kier molecular flexibility index (Phi) is 11.5. The summed E-state index contributed by atoms with van der Waals surface area (Å²) in [7, 11) is 2.10. The van der Waals surface area contributed by atoms with Crippen molar-refractivity contribution in [1.82, 2.24) is 29.7 Å². The largest absolute Gasteiger partial charge is 0.344 e. The van der Waals surface area contributed by atoms with E-state index in [4.69, 9.17) is 21.6 Å². The number of amides is 1. The highest BCUT2D eigenvalue weighted by atomic mass is 35.5. The van der Waals surface area contributed by atoms with Crippen LogP contribution in [0.4, 0.5) is 0 Å². The van der Waals surface area contributed by atoms with Crippen molar-refractivity contribution >= 4 is 29.3 Å². The number of benzene rings is 2. The lowest BCUT2D eigenvalue weighted by Crippen LogP contribution is -2.32. The van der Waals surface area contributed by atoms with E-state index in [1.54, 1.807) is 0 Å². The molecule has 2 aromatic carbocycles. The topological polar surface area (TPSA) is 80.9 Å². The number of nitrogens with zero attached hydrogens (tertiary/aromatic N) is 4. The van der Waals surface area contributed by atoms with Gasteiger partial charge in [-0.15, -0.1) is 0 Å². The number of carbonyl (C=O) groups is 1. The molecule has 1 atom stereocenters. The van der Waals surface area contributed by atoms with Crippen LogP contribution in [0, 0.1) is 12.8 Å². The fraction of sp³-hybridized carbons (Fsp3) is 0.441. The summed E-state index contributed by atoms with van der Waals surface area (Å²) in [5.74, 6) is 2.20. The first-order chi connectivity index (χ1) is 20.6. The molecule has 4 aromatic rings. The van der Waals surface area contributed by atoms with Crippen LogP contribution in [0.5, 0.6) is 0 Å². The molecule has 2 aromatic heterocycles. The van der Waals surface area contributed by atoms with Gasteiger partial charge in [-0.25, -0.2) is 9.97 Å². The summed E-state index contributed by atoms with van der Waals surface area (Å²) in [6.45, 7) is 13.5. The minimum absolute atomic E-state index is 0.182. The van der Waals surface area contributed by atoms with Crippen LogP contribution in [-0.4, -0.2) is 67.3 Å². The Labute approximate surface area is 265 Å². The highest BCUT2D eigenvalue weighted by Crippen LogP contribution is 2.30. The second kappa shape index (κ2) is 15.1. The Morgan fingerprint density at radius 2 is 1.42 bits per heavy atom. The quantitative estimate of drug-likeness (QED) is 0.149. The molecule has 4 rings (SSSR count). The number of H-pyrrole nitrogens is 2. The van der Waals surface area contributed by atoms with E-state index in [1.165, 1.54) is 0 Å². The van der Waals surface area contributed by atoms with Gasteiger partial charge < -0.3 is 14.9 Å². The van der Waals surface area contributed by atoms with E-state index >= 15 is 0 Å². The third kappa shape index (κ3) is 8.74. The molecule has 0 fully saturated rings. The number of aromatic nitrogens is 4. The first-order valence-corrected chi connectivity index (χ1v) is 16.7. The Morgan fingerprint density at radius 3 is 1.98 bits per heavy atom. The zero-order valence-electron chi connectivity index (χ0n) is 26.5. The second-order valence-corrected chi connectivity index (χ2v) is 13.5. The van der Waals surface area contributed by atoms with Crippen molar-refractivity contribution in [2.24, 2.45) is 5.92 Å². The van der Waals surface area contributed by atoms with Gasteiger partial charge in [0, 0.05) is 41.6 Å². The zero-order valence-corrected chi connectivity index (χ0v) is 28.1. The van der Waals surface area contributed by atoms with E-state index in [-0.39, 0.29) is 5.91 Å². The van der Waals surface area contributed by atoms with Crippen molar-refractivity contribution in [3.63, 3.8) is 0 Å². The Bertz CT molecular complexity index is 1480. The summed E-state index contributed by atoms with van der Waals surface area (Å²) in [5, 5.41) is 1.12. The van der Waals surface area contributed by atoms with Crippen molar-refractivity contribution < 1.29 is 4.79 Å². The molecule has 0 bridgehead atoms. The minimum atomic E-state index is 0.182. The molecule has 43 heavy (non-hydrogen) atoms. The molecular formula is C34H45ClN6OS. The molecule has 0 saturated heterocycles. The number of nitrogens with one attached hydrogen (secondary N) is 2. The van der Waals surface area contributed by atoms with Gasteiger partial charge >= 0.3 is 0 Å². The molecule has 0 aliphatic rings. The van der Waals surface area contributed by atoms with E-state index in [9.17, 15) is 4.79 Å². The van der Waals surface area contributed by atoms with Crippen molar-refractivity contribution in [2.45, 2.75) is 65.8 Å². The zero-order chi connectivity index (χ0) is 31.1. The average Bonchev–Trinajstić information content (AvgIpc) is 3.53. The van der Waals surface area contributed by atoms with Crippen molar-refractivity contribution in [3.05, 3.63) is 71.0 Å². The van der Waals surface area contributed by atoms with E-state index < -0.39 is 0 Å². The first-order valence-electron chi connectivity index (χ1n) is 15.1. The normalized spacial score (nSPS) is 12.3. The number of halogens is 1. The molecular weight excluding hydrogens is 576 g/mol. The van der Waals surface area contributed by atoms with Crippen LogP contribution in [0.3, 0.4) is 0 Å². The molecule has 0 aliphatic carbocycles. The Balaban J connectivity index is 1.44. The van der Waals surface area contributed by atoms with Crippen molar-refractivity contribution in [1.29, 1.82) is 0 Å². The van der Waals surface area contributed by atoms with Gasteiger partial charge in [-0.3, -0.25) is 9.69 Å². The molecule has 0 unspecified atom stereocenters. The van der Waals surface area contributed by atoms with Gasteiger partial charge in [0.25, 0.3) is 0 Å². The molecule has 9 heteroatoms. The maximum Gasteiger partial charge on any atom is 0.223 e. The average molecular weight is 621 g/mol. The predicted molar refractivity (Wildman–Crippen MR) is 181 cm³/mol. The Hall–Kier alpha value is -3.07. The molecule has 2 N–H and O–H groups in total. The number of hydrogen-bond acceptors (Lipinski definition) is 5. The van der Waals surface area contributed by atoms with Gasteiger partial charge in [-0.2, -0.15) is 11.8 Å². The summed E-state index contributed by atoms with van der Waals surface area (Å²) < 4.78 is 0. The third-order valence-corrected chi connectivity index (χ3v) is 8.68. The van der Waals surface area contributed by atoms with Gasteiger partial charge in [-0.05, 0) is 43.7 Å². The number of rotatable bonds is 14. The maximum absolute atomic E-state index is 12.8. The van der Waals surface area contributed by atoms with E-state index in [2.05, 4.69) is 104 Å². The van der Waals surface area contributed by atoms with Crippen molar-refractivity contribution in [3.8, 4) is 33.6 Å². The fourth-order valence-corrected chi connectivity index (χ4v) is 5.90. The summed E-state index contributed by atoms with van der Waals surface area (Å²) in [6.07, 6.45) is 3.61. The summed E-state index contributed by atoms with van der Waals surface area (Å²) >= 11 is 8.41. The summed E-state index contributed by atoms with van der Waals surface area (Å²) in [4.78, 5) is 33.3. The van der Waals surface area contributed by atoms with Crippen molar-refractivity contribution in [2.75, 3.05) is 26.4 Å². The first kappa shape index (κ1) is 32.8. The molecule has 0 saturated carbocycles. The van der Waals surface area contributed by atoms with Crippen LogP contribution < -0.4 is 0 Å². The summed E-state index contributed by atoms with van der Waals surface area (Å²) in [5.41, 5.74) is 6.96. The highest BCUT2D eigenvalue weighted by molar-refractivity contribution is 7.99. The van der Waals surface area contributed by atoms with Crippen LogP contribution in [0.1, 0.15) is 57.9 Å². The molecule has 0 aliphatic heterocycles. The molecule has 7 nitrogen and oxygen atoms in total. The fourth-order valence-electron chi connectivity index (χ4n) is 5.24. The van der Waals surface area contributed by atoms with Gasteiger partial charge in [-0.1, -0.05) is 87.8 Å². The number of imidazole rings is 2.